The number of rotatable bonds is 1. The molecule has 0 aliphatic rings. The maximum Gasteiger partial charge on any atom is 0.279 e. The van der Waals surface area contributed by atoms with Crippen LogP contribution in [0.1, 0.15) is 11.1 Å². The minimum atomic E-state index is -0.0938. The van der Waals surface area contributed by atoms with E-state index in [9.17, 15) is 4.79 Å². The van der Waals surface area contributed by atoms with Crippen molar-refractivity contribution in [1.82, 2.24) is 9.78 Å². The first-order valence-corrected chi connectivity index (χ1v) is 7.11. The van der Waals surface area contributed by atoms with E-state index in [-0.39, 0.29) is 5.56 Å². The fraction of sp³-hybridized carbons (Fsp3) is 0.125. The van der Waals surface area contributed by atoms with Gasteiger partial charge < -0.3 is 0 Å². The Bertz CT molecular complexity index is 868. The highest BCUT2D eigenvalue weighted by Gasteiger charge is 2.09. The summed E-state index contributed by atoms with van der Waals surface area (Å²) >= 11 is 3.48. The molecule has 0 aliphatic heterocycles. The molecule has 0 amide bonds. The molecule has 3 aromatic rings. The zero-order valence-corrected chi connectivity index (χ0v) is 12.8. The fourth-order valence-corrected chi connectivity index (χ4v) is 2.62. The van der Waals surface area contributed by atoms with Gasteiger partial charge in [0, 0.05) is 9.86 Å². The molecule has 0 spiro atoms. The highest BCUT2D eigenvalue weighted by molar-refractivity contribution is 9.10. The van der Waals surface area contributed by atoms with Crippen LogP contribution < -0.4 is 5.56 Å². The van der Waals surface area contributed by atoms with Crippen molar-refractivity contribution in [3.05, 3.63) is 68.5 Å². The molecular formula is C16H13BrN2O. The predicted octanol–water partition coefficient (Wildman–Crippen LogP) is 3.77. The number of halogens is 1. The number of hydrogen-bond acceptors (Lipinski definition) is 2. The van der Waals surface area contributed by atoms with Crippen LogP contribution in [0.4, 0.5) is 0 Å². The molecule has 0 bridgehead atoms. The quantitative estimate of drug-likeness (QED) is 0.681. The van der Waals surface area contributed by atoms with E-state index in [2.05, 4.69) is 21.0 Å². The van der Waals surface area contributed by atoms with E-state index in [1.165, 1.54) is 4.68 Å². The number of aromatic nitrogens is 2. The van der Waals surface area contributed by atoms with Crippen LogP contribution in [0.5, 0.6) is 0 Å². The summed E-state index contributed by atoms with van der Waals surface area (Å²) in [6, 6.07) is 11.5. The van der Waals surface area contributed by atoms with Gasteiger partial charge in [-0.3, -0.25) is 4.79 Å². The van der Waals surface area contributed by atoms with Crippen LogP contribution in [-0.4, -0.2) is 9.78 Å². The van der Waals surface area contributed by atoms with E-state index >= 15 is 0 Å². The number of fused-ring (bicyclic) bond motifs is 1. The Hall–Kier alpha value is -1.94. The van der Waals surface area contributed by atoms with Gasteiger partial charge in [0.2, 0.25) is 0 Å². The first-order chi connectivity index (χ1) is 9.58. The highest BCUT2D eigenvalue weighted by atomic mass is 79.9. The lowest BCUT2D eigenvalue weighted by Gasteiger charge is -2.10. The first-order valence-electron chi connectivity index (χ1n) is 6.32. The van der Waals surface area contributed by atoms with E-state index in [4.69, 9.17) is 0 Å². The van der Waals surface area contributed by atoms with Gasteiger partial charge in [0.25, 0.3) is 5.56 Å². The Morgan fingerprint density at radius 2 is 1.95 bits per heavy atom. The Balaban J connectivity index is 2.33. The van der Waals surface area contributed by atoms with E-state index in [1.807, 2.05) is 50.2 Å². The molecule has 0 aliphatic carbocycles. The monoisotopic (exact) mass is 328 g/mol. The summed E-state index contributed by atoms with van der Waals surface area (Å²) in [6.07, 6.45) is 1.74. The average Bonchev–Trinajstić information content (AvgIpc) is 2.43. The van der Waals surface area contributed by atoms with Crippen LogP contribution in [0.3, 0.4) is 0 Å². The standard InChI is InChI=1S/C16H13BrN2O/c1-10-6-7-13-12(8-10)9-18-19(16(13)20)15-5-3-4-14(17)11(15)2/h3-9H,1-2H3. The van der Waals surface area contributed by atoms with Crippen molar-refractivity contribution in [2.75, 3.05) is 0 Å². The highest BCUT2D eigenvalue weighted by Crippen LogP contribution is 2.21. The van der Waals surface area contributed by atoms with Gasteiger partial charge in [-0.25, -0.2) is 0 Å². The normalized spacial score (nSPS) is 10.9. The lowest BCUT2D eigenvalue weighted by Crippen LogP contribution is -2.21. The topological polar surface area (TPSA) is 34.9 Å². The lowest BCUT2D eigenvalue weighted by atomic mass is 10.1. The molecule has 4 heteroatoms. The third-order valence-electron chi connectivity index (χ3n) is 3.41. The van der Waals surface area contributed by atoms with Crippen LogP contribution >= 0.6 is 15.9 Å². The van der Waals surface area contributed by atoms with Crippen molar-refractivity contribution in [3.8, 4) is 5.69 Å². The second-order valence-corrected chi connectivity index (χ2v) is 5.69. The molecule has 0 fully saturated rings. The first kappa shape index (κ1) is 13.1. The number of aryl methyl sites for hydroxylation is 1. The maximum absolute atomic E-state index is 12.6. The number of benzene rings is 2. The molecule has 3 rings (SSSR count). The second-order valence-electron chi connectivity index (χ2n) is 4.84. The Labute approximate surface area is 125 Å². The molecule has 100 valence electrons. The summed E-state index contributed by atoms with van der Waals surface area (Å²) in [5.41, 5.74) is 2.82. The summed E-state index contributed by atoms with van der Waals surface area (Å²) in [7, 11) is 0. The Kier molecular flexibility index (Phi) is 3.18. The second kappa shape index (κ2) is 4.87. The third kappa shape index (κ3) is 2.06. The molecule has 0 saturated heterocycles. The van der Waals surface area contributed by atoms with E-state index in [0.29, 0.717) is 5.39 Å². The van der Waals surface area contributed by atoms with Crippen molar-refractivity contribution in [1.29, 1.82) is 0 Å². The molecule has 0 N–H and O–H groups in total. The SMILES string of the molecule is Cc1ccc2c(=O)n(-c3cccc(Br)c3C)ncc2c1. The zero-order valence-electron chi connectivity index (χ0n) is 11.2. The molecule has 0 radical (unpaired) electrons. The summed E-state index contributed by atoms with van der Waals surface area (Å²) in [5, 5.41) is 5.86. The van der Waals surface area contributed by atoms with Gasteiger partial charge in [0.05, 0.1) is 17.3 Å². The van der Waals surface area contributed by atoms with Gasteiger partial charge in [0.1, 0.15) is 0 Å². The average molecular weight is 329 g/mol. The molecule has 0 unspecified atom stereocenters. The van der Waals surface area contributed by atoms with Crippen molar-refractivity contribution >= 4 is 26.7 Å². The fourth-order valence-electron chi connectivity index (χ4n) is 2.27. The van der Waals surface area contributed by atoms with E-state index in [1.54, 1.807) is 6.20 Å². The minimum absolute atomic E-state index is 0.0938. The molecule has 20 heavy (non-hydrogen) atoms. The van der Waals surface area contributed by atoms with Crippen LogP contribution in [0.25, 0.3) is 16.5 Å². The lowest BCUT2D eigenvalue weighted by molar-refractivity contribution is 0.814. The summed E-state index contributed by atoms with van der Waals surface area (Å²) in [6.45, 7) is 3.97. The van der Waals surface area contributed by atoms with Crippen LogP contribution in [0, 0.1) is 13.8 Å². The summed E-state index contributed by atoms with van der Waals surface area (Å²) in [5.74, 6) is 0. The number of nitrogens with zero attached hydrogens (tertiary/aromatic N) is 2. The maximum atomic E-state index is 12.6. The van der Waals surface area contributed by atoms with Gasteiger partial charge in [0.15, 0.2) is 0 Å². The summed E-state index contributed by atoms with van der Waals surface area (Å²) < 4.78 is 2.42. The molecule has 2 aromatic carbocycles. The van der Waals surface area contributed by atoms with Gasteiger partial charge in [-0.2, -0.15) is 9.78 Å². The summed E-state index contributed by atoms with van der Waals surface area (Å²) in [4.78, 5) is 12.6. The molecule has 1 heterocycles. The predicted molar refractivity (Wildman–Crippen MR) is 84.5 cm³/mol. The minimum Gasteiger partial charge on any atom is -0.267 e. The zero-order chi connectivity index (χ0) is 14.3. The van der Waals surface area contributed by atoms with Crippen molar-refractivity contribution in [2.45, 2.75) is 13.8 Å². The molecule has 1 aromatic heterocycles. The smallest absolute Gasteiger partial charge is 0.267 e. The van der Waals surface area contributed by atoms with Gasteiger partial charge in [-0.05, 0) is 43.7 Å². The Morgan fingerprint density at radius 3 is 2.75 bits per heavy atom. The van der Waals surface area contributed by atoms with Crippen molar-refractivity contribution < 1.29 is 0 Å². The number of hydrogen-bond donors (Lipinski definition) is 0. The molecule has 0 saturated carbocycles. The van der Waals surface area contributed by atoms with E-state index in [0.717, 1.165) is 26.7 Å². The van der Waals surface area contributed by atoms with Gasteiger partial charge in [-0.1, -0.05) is 33.6 Å². The van der Waals surface area contributed by atoms with Crippen molar-refractivity contribution in [3.63, 3.8) is 0 Å². The third-order valence-corrected chi connectivity index (χ3v) is 4.27. The largest absolute Gasteiger partial charge is 0.279 e. The van der Waals surface area contributed by atoms with Crippen LogP contribution in [-0.2, 0) is 0 Å². The van der Waals surface area contributed by atoms with E-state index < -0.39 is 0 Å². The Morgan fingerprint density at radius 1 is 1.15 bits per heavy atom. The van der Waals surface area contributed by atoms with Gasteiger partial charge in [-0.15, -0.1) is 0 Å². The van der Waals surface area contributed by atoms with Crippen LogP contribution in [0.2, 0.25) is 0 Å². The van der Waals surface area contributed by atoms with Crippen molar-refractivity contribution in [2.24, 2.45) is 0 Å². The van der Waals surface area contributed by atoms with Gasteiger partial charge >= 0.3 is 0 Å². The molecule has 0 atom stereocenters. The van der Waals surface area contributed by atoms with Crippen LogP contribution in [0.15, 0.2) is 51.9 Å². The molecule has 3 nitrogen and oxygen atoms in total. The molecular weight excluding hydrogens is 316 g/mol.